The fourth-order valence-electron chi connectivity index (χ4n) is 2.45. The van der Waals surface area contributed by atoms with E-state index in [4.69, 9.17) is 4.74 Å². The first-order valence-electron chi connectivity index (χ1n) is 6.69. The minimum Gasteiger partial charge on any atom is -0.381 e. The van der Waals surface area contributed by atoms with E-state index in [0.717, 1.165) is 0 Å². The molecule has 0 spiro atoms. The molecule has 1 fully saturated rings. The van der Waals surface area contributed by atoms with E-state index in [0.29, 0.717) is 36.9 Å². The number of carbonyl (C=O) groups excluding carboxylic acids is 1. The number of nitrogens with zero attached hydrogens (tertiary/aromatic N) is 1. The largest absolute Gasteiger partial charge is 0.381 e. The Morgan fingerprint density at radius 3 is 2.71 bits per heavy atom. The molecule has 0 aromatic heterocycles. The molecule has 7 heteroatoms. The van der Waals surface area contributed by atoms with Crippen LogP contribution in [-0.2, 0) is 4.74 Å². The Balaban J connectivity index is 2.28. The molecule has 6 nitrogen and oxygen atoms in total. The normalized spacial score (nSPS) is 17.2. The van der Waals surface area contributed by atoms with Crippen molar-refractivity contribution >= 4 is 27.5 Å². The maximum atomic E-state index is 12.5. The van der Waals surface area contributed by atoms with Crippen molar-refractivity contribution in [3.05, 3.63) is 39.4 Å². The monoisotopic (exact) mass is 356 g/mol. The van der Waals surface area contributed by atoms with Crippen LogP contribution in [0.3, 0.4) is 0 Å². The van der Waals surface area contributed by atoms with Gasteiger partial charge in [-0.25, -0.2) is 0 Å². The van der Waals surface area contributed by atoms with Crippen molar-refractivity contribution in [1.82, 2.24) is 5.32 Å². The Hall–Kier alpha value is -1.47. The second kappa shape index (κ2) is 6.53. The minimum absolute atomic E-state index is 0.104. The molecule has 1 aromatic carbocycles. The summed E-state index contributed by atoms with van der Waals surface area (Å²) in [7, 11) is 0. The van der Waals surface area contributed by atoms with Gasteiger partial charge in [0.25, 0.3) is 11.6 Å². The molecule has 1 aromatic rings. The Bertz CT molecular complexity index is 556. The first-order chi connectivity index (χ1) is 9.99. The van der Waals surface area contributed by atoms with E-state index in [1.165, 1.54) is 6.07 Å². The summed E-state index contributed by atoms with van der Waals surface area (Å²) >= 11 is 3.43. The number of alkyl halides is 1. The van der Waals surface area contributed by atoms with Crippen LogP contribution >= 0.6 is 15.9 Å². The van der Waals surface area contributed by atoms with Crippen molar-refractivity contribution in [2.24, 2.45) is 0 Å². The molecular formula is C14H17BrN2O4. The molecule has 1 N–H and O–H groups in total. The van der Waals surface area contributed by atoms with Crippen LogP contribution in [0.4, 0.5) is 5.69 Å². The van der Waals surface area contributed by atoms with E-state index < -0.39 is 16.4 Å². The second-order valence-electron chi connectivity index (χ2n) is 5.21. The second-order valence-corrected chi connectivity index (χ2v) is 5.77. The van der Waals surface area contributed by atoms with E-state index in [1.807, 2.05) is 0 Å². The quantitative estimate of drug-likeness (QED) is 0.510. The number of halogens is 1. The molecule has 1 saturated heterocycles. The van der Waals surface area contributed by atoms with Gasteiger partial charge in [-0.1, -0.05) is 28.1 Å². The van der Waals surface area contributed by atoms with Crippen LogP contribution in [0.5, 0.6) is 0 Å². The van der Waals surface area contributed by atoms with Crippen LogP contribution in [0.15, 0.2) is 18.2 Å². The number of nitrogens with one attached hydrogen (secondary N) is 1. The summed E-state index contributed by atoms with van der Waals surface area (Å²) in [5.74, 6) is -0.410. The molecule has 0 unspecified atom stereocenters. The van der Waals surface area contributed by atoms with Crippen LogP contribution < -0.4 is 5.32 Å². The number of nitro groups is 1. The lowest BCUT2D eigenvalue weighted by atomic mass is 9.92. The number of rotatable bonds is 4. The summed E-state index contributed by atoms with van der Waals surface area (Å²) in [5.41, 5.74) is 0.0403. The predicted octanol–water partition coefficient (Wildman–Crippen LogP) is 2.58. The molecule has 1 aliphatic rings. The maximum absolute atomic E-state index is 12.5. The summed E-state index contributed by atoms with van der Waals surface area (Å²) < 4.78 is 5.31. The van der Waals surface area contributed by atoms with E-state index in [-0.39, 0.29) is 11.3 Å². The van der Waals surface area contributed by atoms with Gasteiger partial charge in [0.15, 0.2) is 0 Å². The molecule has 0 saturated carbocycles. The highest BCUT2D eigenvalue weighted by Gasteiger charge is 2.35. The van der Waals surface area contributed by atoms with Gasteiger partial charge in [0.05, 0.1) is 10.5 Å². The topological polar surface area (TPSA) is 81.5 Å². The van der Waals surface area contributed by atoms with Gasteiger partial charge < -0.3 is 10.1 Å². The van der Waals surface area contributed by atoms with Gasteiger partial charge in [-0.2, -0.15) is 0 Å². The molecule has 1 amide bonds. The van der Waals surface area contributed by atoms with E-state index in [1.54, 1.807) is 19.1 Å². The van der Waals surface area contributed by atoms with E-state index >= 15 is 0 Å². The number of benzene rings is 1. The lowest BCUT2D eigenvalue weighted by Gasteiger charge is -2.36. The Labute approximate surface area is 131 Å². The van der Waals surface area contributed by atoms with Crippen molar-refractivity contribution in [3.8, 4) is 0 Å². The third-order valence-corrected chi connectivity index (χ3v) is 4.82. The lowest BCUT2D eigenvalue weighted by molar-refractivity contribution is -0.385. The van der Waals surface area contributed by atoms with Gasteiger partial charge in [-0.05, 0) is 25.8 Å². The summed E-state index contributed by atoms with van der Waals surface area (Å²) in [4.78, 5) is 23.2. The molecular weight excluding hydrogens is 340 g/mol. The van der Waals surface area contributed by atoms with Crippen LogP contribution in [0, 0.1) is 17.0 Å². The third kappa shape index (κ3) is 3.41. The number of hydrogen-bond acceptors (Lipinski definition) is 4. The number of nitro benzene ring substituents is 1. The van der Waals surface area contributed by atoms with Gasteiger partial charge in [-0.15, -0.1) is 0 Å². The fraction of sp³-hybridized carbons (Fsp3) is 0.500. The van der Waals surface area contributed by atoms with Crippen LogP contribution in [0.25, 0.3) is 0 Å². The predicted molar refractivity (Wildman–Crippen MR) is 81.9 cm³/mol. The van der Waals surface area contributed by atoms with Crippen LogP contribution in [0.2, 0.25) is 0 Å². The van der Waals surface area contributed by atoms with E-state index in [2.05, 4.69) is 21.2 Å². The van der Waals surface area contributed by atoms with Gasteiger partial charge in [0.1, 0.15) is 5.56 Å². The molecule has 2 rings (SSSR count). The zero-order valence-electron chi connectivity index (χ0n) is 11.7. The number of hydrogen-bond donors (Lipinski definition) is 1. The van der Waals surface area contributed by atoms with Gasteiger partial charge in [0.2, 0.25) is 0 Å². The average Bonchev–Trinajstić information content (AvgIpc) is 2.47. The maximum Gasteiger partial charge on any atom is 0.285 e. The molecule has 114 valence electrons. The van der Waals surface area contributed by atoms with Crippen LogP contribution in [0.1, 0.15) is 28.8 Å². The zero-order valence-corrected chi connectivity index (χ0v) is 13.3. The summed E-state index contributed by atoms with van der Waals surface area (Å²) in [5, 5.41) is 14.7. The molecule has 0 aliphatic carbocycles. The molecule has 0 radical (unpaired) electrons. The molecule has 0 bridgehead atoms. The van der Waals surface area contributed by atoms with Crippen molar-refractivity contribution in [3.63, 3.8) is 0 Å². The molecule has 21 heavy (non-hydrogen) atoms. The Morgan fingerprint density at radius 1 is 1.48 bits per heavy atom. The van der Waals surface area contributed by atoms with E-state index in [9.17, 15) is 14.9 Å². The zero-order chi connectivity index (χ0) is 15.5. The summed E-state index contributed by atoms with van der Waals surface area (Å²) in [6.07, 6.45) is 1.37. The average molecular weight is 357 g/mol. The fourth-order valence-corrected chi connectivity index (χ4v) is 3.15. The van der Waals surface area contributed by atoms with Crippen molar-refractivity contribution in [2.75, 3.05) is 18.5 Å². The number of carbonyl (C=O) groups is 1. The molecule has 1 heterocycles. The molecule has 1 aliphatic heterocycles. The highest BCUT2D eigenvalue weighted by molar-refractivity contribution is 9.09. The minimum atomic E-state index is -0.505. The first-order valence-corrected chi connectivity index (χ1v) is 7.81. The summed E-state index contributed by atoms with van der Waals surface area (Å²) in [6, 6.07) is 4.77. The number of amides is 1. The highest BCUT2D eigenvalue weighted by atomic mass is 79.9. The SMILES string of the molecule is Cc1cccc(C(=O)NC2(CBr)CCOCC2)c1[N+](=O)[O-]. The Morgan fingerprint density at radius 2 is 2.14 bits per heavy atom. The van der Waals surface area contributed by atoms with Gasteiger partial charge in [0, 0.05) is 24.1 Å². The smallest absolute Gasteiger partial charge is 0.285 e. The number of ether oxygens (including phenoxy) is 1. The van der Waals surface area contributed by atoms with Crippen molar-refractivity contribution in [1.29, 1.82) is 0 Å². The first kappa shape index (κ1) is 15.9. The molecule has 0 atom stereocenters. The van der Waals surface area contributed by atoms with Gasteiger partial charge >= 0.3 is 0 Å². The van der Waals surface area contributed by atoms with Crippen molar-refractivity contribution < 1.29 is 14.5 Å². The van der Waals surface area contributed by atoms with Crippen LogP contribution in [-0.4, -0.2) is 34.9 Å². The third-order valence-electron chi connectivity index (χ3n) is 3.75. The highest BCUT2D eigenvalue weighted by Crippen LogP contribution is 2.27. The Kier molecular flexibility index (Phi) is 4.95. The lowest BCUT2D eigenvalue weighted by Crippen LogP contribution is -2.53. The standard InChI is InChI=1S/C14H17BrN2O4/c1-10-3-2-4-11(12(10)17(19)20)13(18)16-14(9-15)5-7-21-8-6-14/h2-4H,5-9H2,1H3,(H,16,18). The number of aryl methyl sites for hydroxylation is 1. The van der Waals surface area contributed by atoms with Crippen molar-refractivity contribution in [2.45, 2.75) is 25.3 Å². The van der Waals surface area contributed by atoms with Gasteiger partial charge in [-0.3, -0.25) is 14.9 Å². The number of para-hydroxylation sites is 1. The summed E-state index contributed by atoms with van der Waals surface area (Å²) in [6.45, 7) is 2.77.